The number of piperazine rings is 1. The van der Waals surface area contributed by atoms with Crippen LogP contribution in [-0.2, 0) is 0 Å². The molecule has 0 aliphatic carbocycles. The molecule has 1 aliphatic rings. The molecule has 1 N–H and O–H groups in total. The van der Waals surface area contributed by atoms with Crippen molar-refractivity contribution in [3.05, 3.63) is 48.4 Å². The smallest absolute Gasteiger partial charge is 0.289 e. The van der Waals surface area contributed by atoms with Gasteiger partial charge in [0.1, 0.15) is 5.75 Å². The minimum absolute atomic E-state index is 0.0785. The molecule has 0 radical (unpaired) electrons. The molecule has 0 spiro atoms. The van der Waals surface area contributed by atoms with E-state index in [0.717, 1.165) is 11.4 Å². The molecule has 1 aliphatic heterocycles. The van der Waals surface area contributed by atoms with Gasteiger partial charge in [-0.15, -0.1) is 0 Å². The van der Waals surface area contributed by atoms with Crippen LogP contribution in [0.4, 0.5) is 5.69 Å². The third-order valence-electron chi connectivity index (χ3n) is 4.01. The van der Waals surface area contributed by atoms with Crippen molar-refractivity contribution >= 4 is 28.9 Å². The lowest BCUT2D eigenvalue weighted by Crippen LogP contribution is -2.51. The molecule has 0 saturated carbocycles. The average molecular weight is 359 g/mol. The second-order valence-electron chi connectivity index (χ2n) is 5.62. The van der Waals surface area contributed by atoms with Gasteiger partial charge in [0.05, 0.1) is 18.6 Å². The Hall–Kier alpha value is -2.54. The van der Waals surface area contributed by atoms with Crippen LogP contribution in [0.2, 0.25) is 0 Å². The summed E-state index contributed by atoms with van der Waals surface area (Å²) in [5.41, 5.74) is 0.850. The van der Waals surface area contributed by atoms with E-state index in [9.17, 15) is 4.79 Å². The molecule has 1 aromatic carbocycles. The zero-order valence-corrected chi connectivity index (χ0v) is 14.9. The van der Waals surface area contributed by atoms with E-state index in [-0.39, 0.29) is 5.91 Å². The summed E-state index contributed by atoms with van der Waals surface area (Å²) in [4.78, 5) is 16.1. The fourth-order valence-electron chi connectivity index (χ4n) is 2.71. The van der Waals surface area contributed by atoms with Crippen molar-refractivity contribution in [1.82, 2.24) is 9.80 Å². The summed E-state index contributed by atoms with van der Waals surface area (Å²) in [5, 5.41) is 3.88. The summed E-state index contributed by atoms with van der Waals surface area (Å²) in [7, 11) is 0. The standard InChI is InChI=1S/C18H21N3O3S/c1-2-23-15-7-4-3-6-14(15)19-18(25)21-11-9-20(10-12-21)17(22)16-8-5-13-24-16/h3-8,13H,2,9-12H2,1H3,(H,19,25). The lowest BCUT2D eigenvalue weighted by molar-refractivity contribution is 0.0661. The number of nitrogens with one attached hydrogen (secondary N) is 1. The van der Waals surface area contributed by atoms with Gasteiger partial charge in [0.25, 0.3) is 5.91 Å². The van der Waals surface area contributed by atoms with Crippen molar-refractivity contribution in [2.75, 3.05) is 38.1 Å². The molecule has 2 aromatic rings. The molecule has 2 heterocycles. The van der Waals surface area contributed by atoms with Crippen LogP contribution in [0.1, 0.15) is 17.5 Å². The first kappa shape index (κ1) is 17.3. The molecule has 1 saturated heterocycles. The maximum Gasteiger partial charge on any atom is 0.289 e. The molecule has 0 bridgehead atoms. The van der Waals surface area contributed by atoms with Crippen LogP contribution in [0.25, 0.3) is 0 Å². The molecule has 3 rings (SSSR count). The van der Waals surface area contributed by atoms with Crippen LogP contribution in [-0.4, -0.2) is 53.6 Å². The van der Waals surface area contributed by atoms with E-state index in [1.54, 1.807) is 17.0 Å². The molecular weight excluding hydrogens is 338 g/mol. The van der Waals surface area contributed by atoms with Crippen molar-refractivity contribution in [2.24, 2.45) is 0 Å². The first-order chi connectivity index (χ1) is 12.2. The van der Waals surface area contributed by atoms with E-state index in [2.05, 4.69) is 10.2 Å². The zero-order valence-electron chi connectivity index (χ0n) is 14.1. The highest BCUT2D eigenvalue weighted by atomic mass is 32.1. The van der Waals surface area contributed by atoms with Crippen LogP contribution in [0.15, 0.2) is 47.1 Å². The van der Waals surface area contributed by atoms with E-state index in [1.165, 1.54) is 6.26 Å². The Bertz CT molecular complexity index is 725. The number of nitrogens with zero attached hydrogens (tertiary/aromatic N) is 2. The Morgan fingerprint density at radius 3 is 2.56 bits per heavy atom. The van der Waals surface area contributed by atoms with Crippen LogP contribution in [0.3, 0.4) is 0 Å². The minimum Gasteiger partial charge on any atom is -0.492 e. The van der Waals surface area contributed by atoms with E-state index in [0.29, 0.717) is 43.7 Å². The predicted octanol–water partition coefficient (Wildman–Crippen LogP) is 2.83. The van der Waals surface area contributed by atoms with Gasteiger partial charge in [-0.2, -0.15) is 0 Å². The molecule has 0 unspecified atom stereocenters. The zero-order chi connectivity index (χ0) is 17.6. The Balaban J connectivity index is 1.56. The number of amides is 1. The monoisotopic (exact) mass is 359 g/mol. The van der Waals surface area contributed by atoms with Crippen LogP contribution < -0.4 is 10.1 Å². The SMILES string of the molecule is CCOc1ccccc1NC(=S)N1CCN(C(=O)c2ccco2)CC1. The fraction of sp³-hybridized carbons (Fsp3) is 0.333. The summed E-state index contributed by atoms with van der Waals surface area (Å²) >= 11 is 5.52. The number of thiocarbonyl (C=S) groups is 1. The van der Waals surface area contributed by atoms with Gasteiger partial charge in [-0.3, -0.25) is 4.79 Å². The van der Waals surface area contributed by atoms with Crippen molar-refractivity contribution in [3.63, 3.8) is 0 Å². The molecule has 6 nitrogen and oxygen atoms in total. The molecular formula is C18H21N3O3S. The third-order valence-corrected chi connectivity index (χ3v) is 4.37. The van der Waals surface area contributed by atoms with Gasteiger partial charge in [-0.1, -0.05) is 12.1 Å². The van der Waals surface area contributed by atoms with E-state index in [4.69, 9.17) is 21.4 Å². The number of carbonyl (C=O) groups is 1. The molecule has 25 heavy (non-hydrogen) atoms. The van der Waals surface area contributed by atoms with Crippen molar-refractivity contribution in [1.29, 1.82) is 0 Å². The second-order valence-corrected chi connectivity index (χ2v) is 6.00. The largest absolute Gasteiger partial charge is 0.492 e. The number of furan rings is 1. The maximum absolute atomic E-state index is 12.3. The molecule has 1 aromatic heterocycles. The number of carbonyl (C=O) groups excluding carboxylic acids is 1. The highest BCUT2D eigenvalue weighted by molar-refractivity contribution is 7.80. The van der Waals surface area contributed by atoms with E-state index >= 15 is 0 Å². The molecule has 1 amide bonds. The van der Waals surface area contributed by atoms with Crippen LogP contribution in [0, 0.1) is 0 Å². The summed E-state index contributed by atoms with van der Waals surface area (Å²) in [6.45, 7) is 5.11. The van der Waals surface area contributed by atoms with Crippen LogP contribution >= 0.6 is 12.2 Å². The van der Waals surface area contributed by atoms with Crippen molar-refractivity contribution in [2.45, 2.75) is 6.92 Å². The quantitative estimate of drug-likeness (QED) is 0.847. The Morgan fingerprint density at radius 2 is 1.88 bits per heavy atom. The van der Waals surface area contributed by atoms with Crippen molar-refractivity contribution in [3.8, 4) is 5.75 Å². The number of hydrogen-bond donors (Lipinski definition) is 1. The summed E-state index contributed by atoms with van der Waals surface area (Å²) in [6.07, 6.45) is 1.51. The normalized spacial score (nSPS) is 14.3. The topological polar surface area (TPSA) is 58.0 Å². The number of benzene rings is 1. The summed E-state index contributed by atoms with van der Waals surface area (Å²) in [6, 6.07) is 11.1. The lowest BCUT2D eigenvalue weighted by Gasteiger charge is -2.36. The van der Waals surface area contributed by atoms with Gasteiger partial charge in [-0.05, 0) is 43.4 Å². The second kappa shape index (κ2) is 8.02. The number of ether oxygens (including phenoxy) is 1. The highest BCUT2D eigenvalue weighted by Gasteiger charge is 2.25. The summed E-state index contributed by atoms with van der Waals surface area (Å²) in [5.74, 6) is 1.07. The van der Waals surface area contributed by atoms with Gasteiger partial charge >= 0.3 is 0 Å². The van der Waals surface area contributed by atoms with Gasteiger partial charge in [0.15, 0.2) is 10.9 Å². The summed E-state index contributed by atoms with van der Waals surface area (Å²) < 4.78 is 10.8. The first-order valence-electron chi connectivity index (χ1n) is 8.29. The van der Waals surface area contributed by atoms with Gasteiger partial charge in [-0.25, -0.2) is 0 Å². The fourth-order valence-corrected chi connectivity index (χ4v) is 3.01. The van der Waals surface area contributed by atoms with Gasteiger partial charge in [0, 0.05) is 26.2 Å². The van der Waals surface area contributed by atoms with Crippen LogP contribution in [0.5, 0.6) is 5.75 Å². The molecule has 7 heteroatoms. The van der Waals surface area contributed by atoms with E-state index in [1.807, 2.05) is 31.2 Å². The molecule has 0 atom stereocenters. The first-order valence-corrected chi connectivity index (χ1v) is 8.70. The Labute approximate surface area is 152 Å². The maximum atomic E-state index is 12.3. The van der Waals surface area contributed by atoms with Gasteiger partial charge in [0.2, 0.25) is 0 Å². The van der Waals surface area contributed by atoms with Crippen molar-refractivity contribution < 1.29 is 13.9 Å². The molecule has 132 valence electrons. The third kappa shape index (κ3) is 4.11. The highest BCUT2D eigenvalue weighted by Crippen LogP contribution is 2.24. The average Bonchev–Trinajstić information content (AvgIpc) is 3.18. The predicted molar refractivity (Wildman–Crippen MR) is 100 cm³/mol. The number of hydrogen-bond acceptors (Lipinski definition) is 4. The van der Waals surface area contributed by atoms with E-state index < -0.39 is 0 Å². The number of anilines is 1. The Morgan fingerprint density at radius 1 is 1.16 bits per heavy atom. The molecule has 1 fully saturated rings. The minimum atomic E-state index is -0.0785. The number of rotatable bonds is 4. The van der Waals surface area contributed by atoms with Gasteiger partial charge < -0.3 is 24.3 Å². The Kier molecular flexibility index (Phi) is 5.55. The number of para-hydroxylation sites is 2. The lowest BCUT2D eigenvalue weighted by atomic mass is 10.3.